The van der Waals surface area contributed by atoms with Crippen molar-refractivity contribution in [3.63, 3.8) is 0 Å². The first kappa shape index (κ1) is 13.9. The van der Waals surface area contributed by atoms with Crippen LogP contribution in [0.3, 0.4) is 0 Å². The molecule has 0 amide bonds. The van der Waals surface area contributed by atoms with Gasteiger partial charge in [0, 0.05) is 16.2 Å². The molecule has 0 saturated heterocycles. The second kappa shape index (κ2) is 5.01. The van der Waals surface area contributed by atoms with Gasteiger partial charge in [0.05, 0.1) is 18.4 Å². The van der Waals surface area contributed by atoms with Crippen LogP contribution >= 0.6 is 10.7 Å². The van der Waals surface area contributed by atoms with Gasteiger partial charge in [0.1, 0.15) is 5.82 Å². The zero-order valence-electron chi connectivity index (χ0n) is 9.16. The summed E-state index contributed by atoms with van der Waals surface area (Å²) < 4.78 is 39.7. The smallest absolute Gasteiger partial charge is 0.338 e. The number of benzene rings is 1. The number of esters is 1. The standard InChI is InChI=1S/C10H10ClFO4S/c1-6-3-9(12)7(5-17(11,14)15)4-8(6)10(13)16-2/h3-4H,5H2,1-2H3. The maximum atomic E-state index is 13.5. The minimum Gasteiger partial charge on any atom is -0.465 e. The topological polar surface area (TPSA) is 60.4 Å². The minimum atomic E-state index is -3.88. The fourth-order valence-electron chi connectivity index (χ4n) is 1.34. The fourth-order valence-corrected chi connectivity index (χ4v) is 2.29. The molecular weight excluding hydrogens is 271 g/mol. The summed E-state index contributed by atoms with van der Waals surface area (Å²) in [5.41, 5.74) is 0.320. The molecule has 0 unspecified atom stereocenters. The summed E-state index contributed by atoms with van der Waals surface area (Å²) >= 11 is 0. The Bertz CT molecular complexity index is 554. The summed E-state index contributed by atoms with van der Waals surface area (Å²) in [6.45, 7) is 1.52. The van der Waals surface area contributed by atoms with Gasteiger partial charge in [-0.1, -0.05) is 0 Å². The number of ether oxygens (including phenoxy) is 1. The Hall–Kier alpha value is -1.14. The van der Waals surface area contributed by atoms with Gasteiger partial charge in [-0.3, -0.25) is 0 Å². The molecule has 1 aromatic carbocycles. The van der Waals surface area contributed by atoms with Crippen LogP contribution < -0.4 is 0 Å². The number of rotatable bonds is 3. The fraction of sp³-hybridized carbons (Fsp3) is 0.300. The van der Waals surface area contributed by atoms with Crippen LogP contribution in [-0.2, 0) is 19.5 Å². The van der Waals surface area contributed by atoms with Crippen LogP contribution in [0.4, 0.5) is 4.39 Å². The Morgan fingerprint density at radius 1 is 1.47 bits per heavy atom. The van der Waals surface area contributed by atoms with Gasteiger partial charge < -0.3 is 4.74 Å². The van der Waals surface area contributed by atoms with Crippen molar-refractivity contribution in [2.24, 2.45) is 0 Å². The van der Waals surface area contributed by atoms with Crippen molar-refractivity contribution in [2.45, 2.75) is 12.7 Å². The van der Waals surface area contributed by atoms with E-state index in [0.717, 1.165) is 12.1 Å². The van der Waals surface area contributed by atoms with Crippen molar-refractivity contribution in [2.75, 3.05) is 7.11 Å². The molecule has 0 N–H and O–H groups in total. The molecule has 0 spiro atoms. The van der Waals surface area contributed by atoms with Gasteiger partial charge in [0.2, 0.25) is 9.05 Å². The number of halogens is 2. The molecule has 17 heavy (non-hydrogen) atoms. The molecule has 0 aliphatic carbocycles. The van der Waals surface area contributed by atoms with Crippen molar-refractivity contribution >= 4 is 25.7 Å². The van der Waals surface area contributed by atoms with E-state index in [2.05, 4.69) is 4.74 Å². The summed E-state index contributed by atoms with van der Waals surface area (Å²) in [5.74, 6) is -2.06. The second-order valence-corrected chi connectivity index (χ2v) is 6.21. The lowest BCUT2D eigenvalue weighted by Gasteiger charge is -2.07. The molecule has 0 heterocycles. The van der Waals surface area contributed by atoms with Gasteiger partial charge >= 0.3 is 5.97 Å². The van der Waals surface area contributed by atoms with Crippen molar-refractivity contribution in [1.82, 2.24) is 0 Å². The predicted molar refractivity (Wildman–Crippen MR) is 61.0 cm³/mol. The number of carbonyl (C=O) groups is 1. The highest BCUT2D eigenvalue weighted by Gasteiger charge is 2.17. The van der Waals surface area contributed by atoms with Gasteiger partial charge in [-0.15, -0.1) is 0 Å². The molecule has 0 aliphatic heterocycles. The highest BCUT2D eigenvalue weighted by Crippen LogP contribution is 2.19. The third-order valence-corrected chi connectivity index (χ3v) is 3.11. The summed E-state index contributed by atoms with van der Waals surface area (Å²) in [7, 11) is 2.34. The van der Waals surface area contributed by atoms with Crippen LogP contribution in [-0.4, -0.2) is 21.5 Å². The number of carbonyl (C=O) groups excluding carboxylic acids is 1. The van der Waals surface area contributed by atoms with Gasteiger partial charge in [0.15, 0.2) is 0 Å². The molecule has 0 saturated carbocycles. The van der Waals surface area contributed by atoms with Crippen LogP contribution in [0.5, 0.6) is 0 Å². The molecule has 0 radical (unpaired) electrons. The first-order valence-electron chi connectivity index (χ1n) is 4.54. The Balaban J connectivity index is 3.29. The highest BCUT2D eigenvalue weighted by atomic mass is 35.7. The largest absolute Gasteiger partial charge is 0.465 e. The summed E-state index contributed by atoms with van der Waals surface area (Å²) in [4.78, 5) is 11.3. The molecular formula is C10H10ClFO4S. The average molecular weight is 281 g/mol. The van der Waals surface area contributed by atoms with E-state index in [-0.39, 0.29) is 11.1 Å². The third kappa shape index (κ3) is 3.67. The zero-order chi connectivity index (χ0) is 13.2. The SMILES string of the molecule is COC(=O)c1cc(CS(=O)(=O)Cl)c(F)cc1C. The molecule has 1 aromatic rings. The van der Waals surface area contributed by atoms with E-state index in [1.807, 2.05) is 0 Å². The molecule has 4 nitrogen and oxygen atoms in total. The van der Waals surface area contributed by atoms with E-state index in [0.29, 0.717) is 5.56 Å². The molecule has 0 aliphatic rings. The van der Waals surface area contributed by atoms with E-state index in [9.17, 15) is 17.6 Å². The summed E-state index contributed by atoms with van der Waals surface area (Å²) in [6, 6.07) is 2.21. The van der Waals surface area contributed by atoms with E-state index in [1.54, 1.807) is 0 Å². The molecule has 7 heteroatoms. The van der Waals surface area contributed by atoms with Crippen LogP contribution in [0.25, 0.3) is 0 Å². The monoisotopic (exact) mass is 280 g/mol. The van der Waals surface area contributed by atoms with Crippen molar-refractivity contribution in [1.29, 1.82) is 0 Å². The third-order valence-electron chi connectivity index (χ3n) is 2.13. The van der Waals surface area contributed by atoms with Gasteiger partial charge in [-0.25, -0.2) is 17.6 Å². The molecule has 0 atom stereocenters. The first-order chi connectivity index (χ1) is 7.74. The van der Waals surface area contributed by atoms with Crippen LogP contribution in [0.2, 0.25) is 0 Å². The Labute approximate surface area is 103 Å². The van der Waals surface area contributed by atoms with Gasteiger partial charge in [-0.2, -0.15) is 0 Å². The average Bonchev–Trinajstić information content (AvgIpc) is 2.19. The molecule has 94 valence electrons. The molecule has 1 rings (SSSR count). The van der Waals surface area contributed by atoms with Crippen LogP contribution in [0, 0.1) is 12.7 Å². The Morgan fingerprint density at radius 3 is 2.53 bits per heavy atom. The lowest BCUT2D eigenvalue weighted by Crippen LogP contribution is -2.07. The molecule has 0 fully saturated rings. The Morgan fingerprint density at radius 2 is 2.06 bits per heavy atom. The van der Waals surface area contributed by atoms with Crippen molar-refractivity contribution in [3.8, 4) is 0 Å². The predicted octanol–water partition coefficient (Wildman–Crippen LogP) is 1.99. The number of aryl methyl sites for hydroxylation is 1. The van der Waals surface area contributed by atoms with E-state index in [1.165, 1.54) is 14.0 Å². The van der Waals surface area contributed by atoms with E-state index < -0.39 is 26.6 Å². The zero-order valence-corrected chi connectivity index (χ0v) is 10.7. The second-order valence-electron chi connectivity index (χ2n) is 3.43. The van der Waals surface area contributed by atoms with Crippen molar-refractivity contribution < 1.29 is 22.3 Å². The number of hydrogen-bond acceptors (Lipinski definition) is 4. The summed E-state index contributed by atoms with van der Waals surface area (Å²) in [6.07, 6.45) is 0. The van der Waals surface area contributed by atoms with Gasteiger partial charge in [0.25, 0.3) is 0 Å². The van der Waals surface area contributed by atoms with E-state index >= 15 is 0 Å². The molecule has 0 bridgehead atoms. The highest BCUT2D eigenvalue weighted by molar-refractivity contribution is 8.13. The quantitative estimate of drug-likeness (QED) is 0.627. The lowest BCUT2D eigenvalue weighted by molar-refractivity contribution is 0.0599. The van der Waals surface area contributed by atoms with Crippen LogP contribution in [0.15, 0.2) is 12.1 Å². The van der Waals surface area contributed by atoms with Crippen molar-refractivity contribution in [3.05, 3.63) is 34.6 Å². The van der Waals surface area contributed by atoms with Gasteiger partial charge in [-0.05, 0) is 24.6 Å². The Kier molecular flexibility index (Phi) is 4.11. The maximum absolute atomic E-state index is 13.5. The first-order valence-corrected chi connectivity index (χ1v) is 7.02. The van der Waals surface area contributed by atoms with Crippen LogP contribution in [0.1, 0.15) is 21.5 Å². The minimum absolute atomic E-state index is 0.115. The maximum Gasteiger partial charge on any atom is 0.338 e. The lowest BCUT2D eigenvalue weighted by atomic mass is 10.1. The normalized spacial score (nSPS) is 11.3. The van der Waals surface area contributed by atoms with E-state index in [4.69, 9.17) is 10.7 Å². The number of hydrogen-bond donors (Lipinski definition) is 0. The molecule has 0 aromatic heterocycles. The number of methoxy groups -OCH3 is 1. The summed E-state index contributed by atoms with van der Waals surface area (Å²) in [5, 5.41) is 0.